The SMILES string of the molecule is C1CN[C@H]([C@H]2CCCO2)C1. The molecule has 2 saturated heterocycles. The molecule has 10 heavy (non-hydrogen) atoms. The molecule has 2 atom stereocenters. The van der Waals surface area contributed by atoms with E-state index in [1.807, 2.05) is 0 Å². The van der Waals surface area contributed by atoms with Gasteiger partial charge in [-0.1, -0.05) is 0 Å². The third-order valence-corrected chi connectivity index (χ3v) is 2.51. The first-order valence-electron chi connectivity index (χ1n) is 4.32. The summed E-state index contributed by atoms with van der Waals surface area (Å²) >= 11 is 0. The van der Waals surface area contributed by atoms with Crippen LogP contribution in [0.4, 0.5) is 0 Å². The summed E-state index contributed by atoms with van der Waals surface area (Å²) in [5.41, 5.74) is 0. The monoisotopic (exact) mass is 141 g/mol. The van der Waals surface area contributed by atoms with Gasteiger partial charge in [-0.3, -0.25) is 0 Å². The zero-order valence-electron chi connectivity index (χ0n) is 6.31. The molecule has 0 aromatic heterocycles. The first-order chi connectivity index (χ1) is 4.97. The molecule has 0 aromatic rings. The van der Waals surface area contributed by atoms with Crippen LogP contribution in [0.1, 0.15) is 25.7 Å². The summed E-state index contributed by atoms with van der Waals surface area (Å²) in [5, 5.41) is 3.47. The number of hydrogen-bond donors (Lipinski definition) is 1. The zero-order valence-corrected chi connectivity index (χ0v) is 6.31. The van der Waals surface area contributed by atoms with Gasteiger partial charge in [0.05, 0.1) is 6.10 Å². The average molecular weight is 141 g/mol. The number of ether oxygens (including phenoxy) is 1. The molecule has 2 aliphatic rings. The molecule has 0 amide bonds. The van der Waals surface area contributed by atoms with Crippen molar-refractivity contribution in [3.8, 4) is 0 Å². The largest absolute Gasteiger partial charge is 0.377 e. The van der Waals surface area contributed by atoms with Crippen molar-refractivity contribution in [2.24, 2.45) is 0 Å². The van der Waals surface area contributed by atoms with Crippen LogP contribution in [0.25, 0.3) is 0 Å². The lowest BCUT2D eigenvalue weighted by atomic mass is 10.1. The highest BCUT2D eigenvalue weighted by Gasteiger charge is 2.27. The van der Waals surface area contributed by atoms with Crippen LogP contribution < -0.4 is 5.32 Å². The second-order valence-corrected chi connectivity index (χ2v) is 3.25. The van der Waals surface area contributed by atoms with Crippen LogP contribution in [0.3, 0.4) is 0 Å². The molecule has 2 aliphatic heterocycles. The second-order valence-electron chi connectivity index (χ2n) is 3.25. The quantitative estimate of drug-likeness (QED) is 0.586. The third-order valence-electron chi connectivity index (χ3n) is 2.51. The van der Waals surface area contributed by atoms with Gasteiger partial charge in [-0.05, 0) is 32.2 Å². The average Bonchev–Trinajstić information content (AvgIpc) is 2.59. The summed E-state index contributed by atoms with van der Waals surface area (Å²) in [6.07, 6.45) is 5.75. The Hall–Kier alpha value is -0.0800. The van der Waals surface area contributed by atoms with Gasteiger partial charge in [0.2, 0.25) is 0 Å². The first kappa shape index (κ1) is 6.62. The smallest absolute Gasteiger partial charge is 0.0728 e. The molecule has 0 spiro atoms. The van der Waals surface area contributed by atoms with Crippen molar-refractivity contribution < 1.29 is 4.74 Å². The molecule has 2 heteroatoms. The van der Waals surface area contributed by atoms with Crippen LogP contribution in [-0.2, 0) is 4.74 Å². The Labute approximate surface area is 61.9 Å². The lowest BCUT2D eigenvalue weighted by Gasteiger charge is -2.16. The molecule has 0 unspecified atom stereocenters. The van der Waals surface area contributed by atoms with Crippen LogP contribution in [0, 0.1) is 0 Å². The van der Waals surface area contributed by atoms with Crippen LogP contribution in [0.5, 0.6) is 0 Å². The summed E-state index contributed by atoms with van der Waals surface area (Å²) in [5.74, 6) is 0. The molecule has 0 bridgehead atoms. The van der Waals surface area contributed by atoms with E-state index in [4.69, 9.17) is 4.74 Å². The lowest BCUT2D eigenvalue weighted by Crippen LogP contribution is -2.33. The van der Waals surface area contributed by atoms with Crippen LogP contribution in [0.15, 0.2) is 0 Å². The standard InChI is InChI=1S/C8H15NO/c1-3-7(9-5-1)8-4-2-6-10-8/h7-9H,1-6H2/t7-,8+/m0/s1. The van der Waals surface area contributed by atoms with E-state index in [2.05, 4.69) is 5.32 Å². The van der Waals surface area contributed by atoms with Crippen molar-refractivity contribution in [1.82, 2.24) is 5.32 Å². The summed E-state index contributed by atoms with van der Waals surface area (Å²) in [6.45, 7) is 2.19. The summed E-state index contributed by atoms with van der Waals surface area (Å²) in [6, 6.07) is 0.683. The minimum Gasteiger partial charge on any atom is -0.377 e. The molecule has 2 rings (SSSR count). The molecule has 2 heterocycles. The second kappa shape index (κ2) is 2.89. The molecule has 0 radical (unpaired) electrons. The van der Waals surface area contributed by atoms with Crippen LogP contribution in [-0.4, -0.2) is 25.3 Å². The molecule has 0 aromatic carbocycles. The van der Waals surface area contributed by atoms with E-state index in [-0.39, 0.29) is 0 Å². The first-order valence-corrected chi connectivity index (χ1v) is 4.32. The highest BCUT2D eigenvalue weighted by atomic mass is 16.5. The molecule has 1 N–H and O–H groups in total. The van der Waals surface area contributed by atoms with Crippen molar-refractivity contribution in [2.75, 3.05) is 13.2 Å². The van der Waals surface area contributed by atoms with Gasteiger partial charge in [-0.2, -0.15) is 0 Å². The topological polar surface area (TPSA) is 21.3 Å². The van der Waals surface area contributed by atoms with Crippen molar-refractivity contribution in [3.63, 3.8) is 0 Å². The van der Waals surface area contributed by atoms with Gasteiger partial charge >= 0.3 is 0 Å². The molecule has 58 valence electrons. The van der Waals surface area contributed by atoms with Crippen molar-refractivity contribution in [1.29, 1.82) is 0 Å². The van der Waals surface area contributed by atoms with Crippen LogP contribution >= 0.6 is 0 Å². The summed E-state index contributed by atoms with van der Waals surface area (Å²) in [7, 11) is 0. The van der Waals surface area contributed by atoms with Gasteiger partial charge in [0, 0.05) is 12.6 Å². The number of rotatable bonds is 1. The molecule has 0 saturated carbocycles. The summed E-state index contributed by atoms with van der Waals surface area (Å²) in [4.78, 5) is 0. The normalized spacial score (nSPS) is 40.8. The Morgan fingerprint density at radius 2 is 2.20 bits per heavy atom. The van der Waals surface area contributed by atoms with Gasteiger partial charge in [0.15, 0.2) is 0 Å². The lowest BCUT2D eigenvalue weighted by molar-refractivity contribution is 0.0843. The molecule has 2 nitrogen and oxygen atoms in total. The van der Waals surface area contributed by atoms with E-state index < -0.39 is 0 Å². The van der Waals surface area contributed by atoms with E-state index in [1.165, 1.54) is 32.2 Å². The maximum absolute atomic E-state index is 5.57. The number of hydrogen-bond acceptors (Lipinski definition) is 2. The Morgan fingerprint density at radius 3 is 2.80 bits per heavy atom. The highest BCUT2D eigenvalue weighted by Crippen LogP contribution is 2.20. The fourth-order valence-corrected chi connectivity index (χ4v) is 1.95. The zero-order chi connectivity index (χ0) is 6.81. The van der Waals surface area contributed by atoms with E-state index in [1.54, 1.807) is 0 Å². The summed E-state index contributed by atoms with van der Waals surface area (Å²) < 4.78 is 5.57. The van der Waals surface area contributed by atoms with Crippen molar-refractivity contribution in [2.45, 2.75) is 37.8 Å². The van der Waals surface area contributed by atoms with Gasteiger partial charge in [0.1, 0.15) is 0 Å². The maximum Gasteiger partial charge on any atom is 0.0728 e. The predicted octanol–water partition coefficient (Wildman–Crippen LogP) is 0.917. The van der Waals surface area contributed by atoms with E-state index in [0.29, 0.717) is 12.1 Å². The van der Waals surface area contributed by atoms with E-state index in [0.717, 1.165) is 6.61 Å². The van der Waals surface area contributed by atoms with E-state index in [9.17, 15) is 0 Å². The number of nitrogens with one attached hydrogen (secondary N) is 1. The van der Waals surface area contributed by atoms with Gasteiger partial charge in [-0.15, -0.1) is 0 Å². The Balaban J connectivity index is 1.85. The maximum atomic E-state index is 5.57. The van der Waals surface area contributed by atoms with Crippen LogP contribution in [0.2, 0.25) is 0 Å². The minimum absolute atomic E-state index is 0.544. The Bertz CT molecular complexity index is 89.8. The molecular weight excluding hydrogens is 126 g/mol. The Morgan fingerprint density at radius 1 is 1.20 bits per heavy atom. The molecular formula is C8H15NO. The van der Waals surface area contributed by atoms with Crippen molar-refractivity contribution >= 4 is 0 Å². The van der Waals surface area contributed by atoms with Crippen molar-refractivity contribution in [3.05, 3.63) is 0 Å². The third kappa shape index (κ3) is 1.18. The van der Waals surface area contributed by atoms with Gasteiger partial charge < -0.3 is 10.1 Å². The molecule has 2 fully saturated rings. The van der Waals surface area contributed by atoms with Gasteiger partial charge in [0.25, 0.3) is 0 Å². The fraction of sp³-hybridized carbons (Fsp3) is 1.00. The van der Waals surface area contributed by atoms with Gasteiger partial charge in [-0.25, -0.2) is 0 Å². The molecule has 0 aliphatic carbocycles. The predicted molar refractivity (Wildman–Crippen MR) is 40.0 cm³/mol. The fourth-order valence-electron chi connectivity index (χ4n) is 1.95. The van der Waals surface area contributed by atoms with E-state index >= 15 is 0 Å². The highest BCUT2D eigenvalue weighted by molar-refractivity contribution is 4.84. The minimum atomic E-state index is 0.544. The Kier molecular flexibility index (Phi) is 1.91.